The van der Waals surface area contributed by atoms with Gasteiger partial charge in [-0.15, -0.1) is 0 Å². The van der Waals surface area contributed by atoms with E-state index >= 15 is 0 Å². The maximum absolute atomic E-state index is 13.8. The van der Waals surface area contributed by atoms with Crippen LogP contribution in [0, 0.1) is 40.3 Å². The topological polar surface area (TPSA) is 73.9 Å². The van der Waals surface area contributed by atoms with Gasteiger partial charge in [-0.2, -0.15) is 14.9 Å². The van der Waals surface area contributed by atoms with Crippen molar-refractivity contribution in [1.29, 1.82) is 10.5 Å². The van der Waals surface area contributed by atoms with Crippen LogP contribution >= 0.6 is 0 Å². The lowest BCUT2D eigenvalue weighted by atomic mass is 9.81. The monoisotopic (exact) mass is 398 g/mol. The summed E-state index contributed by atoms with van der Waals surface area (Å²) in [6.07, 6.45) is 7.02. The van der Waals surface area contributed by atoms with Crippen molar-refractivity contribution in [3.05, 3.63) is 47.0 Å². The molecule has 0 heterocycles. The lowest BCUT2D eigenvalue weighted by Gasteiger charge is -2.31. The van der Waals surface area contributed by atoms with Crippen LogP contribution in [0.15, 0.2) is 30.1 Å². The zero-order chi connectivity index (χ0) is 20.8. The summed E-state index contributed by atoms with van der Waals surface area (Å²) in [5.41, 5.74) is 0.944. The van der Waals surface area contributed by atoms with Crippen LogP contribution in [0.1, 0.15) is 68.4 Å². The van der Waals surface area contributed by atoms with E-state index < -0.39 is 11.6 Å². The van der Waals surface area contributed by atoms with Crippen LogP contribution in [-0.4, -0.2) is 12.1 Å². The first-order valence-electron chi connectivity index (χ1n) is 10.2. The number of hydrogen-bond acceptors (Lipinski definition) is 4. The molecule has 2 saturated carbocycles. The summed E-state index contributed by atoms with van der Waals surface area (Å²) in [5, 5.41) is 17.4. The molecular weight excluding hydrogens is 374 g/mol. The molecule has 0 N–H and O–H groups in total. The number of nitriles is 2. The molecule has 1 aromatic carbocycles. The van der Waals surface area contributed by atoms with Gasteiger partial charge >= 0.3 is 5.97 Å². The number of halogens is 2. The van der Waals surface area contributed by atoms with E-state index in [1.807, 2.05) is 6.07 Å². The molecule has 6 heteroatoms. The Morgan fingerprint density at radius 1 is 1.07 bits per heavy atom. The van der Waals surface area contributed by atoms with Gasteiger partial charge in [0.05, 0.1) is 11.5 Å². The number of allylic oxidation sites excluding steroid dienone is 2. The van der Waals surface area contributed by atoms with E-state index in [2.05, 4.69) is 0 Å². The van der Waals surface area contributed by atoms with Crippen LogP contribution in [0.2, 0.25) is 0 Å². The minimum Gasteiger partial charge on any atom is -0.462 e. The van der Waals surface area contributed by atoms with Crippen molar-refractivity contribution in [2.24, 2.45) is 11.8 Å². The zero-order valence-electron chi connectivity index (χ0n) is 16.2. The second-order valence-corrected chi connectivity index (χ2v) is 8.00. The van der Waals surface area contributed by atoms with E-state index in [-0.39, 0.29) is 35.4 Å². The highest BCUT2D eigenvalue weighted by Gasteiger charge is 2.31. The molecule has 0 amide bonds. The lowest BCUT2D eigenvalue weighted by molar-refractivity contribution is -0.157. The average Bonchev–Trinajstić information content (AvgIpc) is 2.74. The third kappa shape index (κ3) is 5.41. The van der Waals surface area contributed by atoms with Gasteiger partial charge in [-0.05, 0) is 87.0 Å². The van der Waals surface area contributed by atoms with Gasteiger partial charge in [0.25, 0.3) is 0 Å². The van der Waals surface area contributed by atoms with Gasteiger partial charge in [0.2, 0.25) is 0 Å². The fourth-order valence-electron chi connectivity index (χ4n) is 4.42. The minimum atomic E-state index is -0.755. The highest BCUT2D eigenvalue weighted by atomic mass is 19.1. The Labute approximate surface area is 169 Å². The van der Waals surface area contributed by atoms with Crippen LogP contribution in [-0.2, 0) is 9.53 Å². The quantitative estimate of drug-likeness (QED) is 0.499. The van der Waals surface area contributed by atoms with Gasteiger partial charge in [-0.3, -0.25) is 4.79 Å². The van der Waals surface area contributed by atoms with Crippen molar-refractivity contribution in [2.75, 3.05) is 0 Å². The lowest BCUT2D eigenvalue weighted by Crippen LogP contribution is -2.29. The predicted octanol–water partition coefficient (Wildman–Crippen LogP) is 5.45. The van der Waals surface area contributed by atoms with Gasteiger partial charge in [-0.1, -0.05) is 6.07 Å². The van der Waals surface area contributed by atoms with Gasteiger partial charge < -0.3 is 4.74 Å². The van der Waals surface area contributed by atoms with Gasteiger partial charge in [0.15, 0.2) is 5.83 Å². The summed E-state index contributed by atoms with van der Waals surface area (Å²) in [6.45, 7) is 0. The molecule has 2 aliphatic rings. The molecule has 29 heavy (non-hydrogen) atoms. The fraction of sp³-hybridized carbons (Fsp3) is 0.522. The van der Waals surface area contributed by atoms with Crippen LogP contribution < -0.4 is 0 Å². The van der Waals surface area contributed by atoms with E-state index in [9.17, 15) is 13.6 Å². The van der Waals surface area contributed by atoms with E-state index in [1.165, 1.54) is 24.3 Å². The molecule has 2 fully saturated rings. The Morgan fingerprint density at radius 2 is 1.76 bits per heavy atom. The summed E-state index contributed by atoms with van der Waals surface area (Å²) in [7, 11) is 0. The summed E-state index contributed by atoms with van der Waals surface area (Å²) in [4.78, 5) is 12.5. The summed E-state index contributed by atoms with van der Waals surface area (Å²) < 4.78 is 32.6. The molecular formula is C23H24F2N2O2. The van der Waals surface area contributed by atoms with Crippen LogP contribution in [0.4, 0.5) is 8.78 Å². The Kier molecular flexibility index (Phi) is 6.99. The SMILES string of the molecule is N#CC(F)=CC1CCC(C(=O)OC2CCC(c3ccc(C#N)c(F)c3)CC2)CC1. The van der Waals surface area contributed by atoms with E-state index in [1.54, 1.807) is 6.07 Å². The molecule has 152 valence electrons. The molecule has 1 aromatic rings. The van der Waals surface area contributed by atoms with Crippen molar-refractivity contribution in [3.63, 3.8) is 0 Å². The van der Waals surface area contributed by atoms with Crippen molar-refractivity contribution in [3.8, 4) is 12.1 Å². The number of carbonyl (C=O) groups is 1. The summed E-state index contributed by atoms with van der Waals surface area (Å²) in [6, 6.07) is 8.09. The van der Waals surface area contributed by atoms with Crippen molar-refractivity contribution >= 4 is 5.97 Å². The molecule has 0 spiro atoms. The van der Waals surface area contributed by atoms with Gasteiger partial charge in [-0.25, -0.2) is 4.39 Å². The van der Waals surface area contributed by atoms with Crippen LogP contribution in [0.3, 0.4) is 0 Å². The molecule has 0 atom stereocenters. The van der Waals surface area contributed by atoms with E-state index in [0.717, 1.165) is 31.2 Å². The number of nitrogens with zero attached hydrogens (tertiary/aromatic N) is 2. The zero-order valence-corrected chi connectivity index (χ0v) is 16.2. The molecule has 2 aliphatic carbocycles. The number of ether oxygens (including phenoxy) is 1. The Hall–Kier alpha value is -2.73. The highest BCUT2D eigenvalue weighted by molar-refractivity contribution is 5.72. The molecule has 3 rings (SSSR count). The number of carbonyl (C=O) groups excluding carboxylic acids is 1. The summed E-state index contributed by atoms with van der Waals surface area (Å²) in [5.74, 6) is -1.35. The average molecular weight is 398 g/mol. The normalized spacial score (nSPS) is 27.5. The molecule has 0 bridgehead atoms. The molecule has 0 aliphatic heterocycles. The fourth-order valence-corrected chi connectivity index (χ4v) is 4.42. The highest BCUT2D eigenvalue weighted by Crippen LogP contribution is 2.36. The summed E-state index contributed by atoms with van der Waals surface area (Å²) >= 11 is 0. The second kappa shape index (κ2) is 9.65. The van der Waals surface area contributed by atoms with Crippen molar-refractivity contribution < 1.29 is 18.3 Å². The van der Waals surface area contributed by atoms with Gasteiger partial charge in [0, 0.05) is 0 Å². The number of rotatable bonds is 4. The van der Waals surface area contributed by atoms with Crippen LogP contribution in [0.5, 0.6) is 0 Å². The number of benzene rings is 1. The molecule has 4 nitrogen and oxygen atoms in total. The smallest absolute Gasteiger partial charge is 0.309 e. The maximum atomic E-state index is 13.8. The van der Waals surface area contributed by atoms with Gasteiger partial charge in [0.1, 0.15) is 24.1 Å². The molecule has 0 radical (unpaired) electrons. The molecule has 0 saturated heterocycles. The number of esters is 1. The standard InChI is InChI=1S/C23H24F2N2O2/c24-20(14-27)11-15-1-3-17(4-2-15)23(28)29-21-9-7-16(8-10-21)18-5-6-19(13-26)22(25)12-18/h5-6,11-12,15-17,21H,1-4,7-10H2. The Bertz CT molecular complexity index is 853. The third-order valence-corrected chi connectivity index (χ3v) is 6.14. The number of hydrogen-bond donors (Lipinski definition) is 0. The third-order valence-electron chi connectivity index (χ3n) is 6.14. The molecule has 0 unspecified atom stereocenters. The Balaban J connectivity index is 1.45. The first kappa shape index (κ1) is 21.0. The van der Waals surface area contributed by atoms with Crippen molar-refractivity contribution in [1.82, 2.24) is 0 Å². The van der Waals surface area contributed by atoms with Crippen molar-refractivity contribution in [2.45, 2.75) is 63.4 Å². The predicted molar refractivity (Wildman–Crippen MR) is 102 cm³/mol. The molecule has 0 aromatic heterocycles. The van der Waals surface area contributed by atoms with E-state index in [0.29, 0.717) is 25.7 Å². The van der Waals surface area contributed by atoms with Crippen LogP contribution in [0.25, 0.3) is 0 Å². The minimum absolute atomic E-state index is 0.0157. The maximum Gasteiger partial charge on any atom is 0.309 e. The second-order valence-electron chi connectivity index (χ2n) is 8.00. The first-order chi connectivity index (χ1) is 14.0. The first-order valence-corrected chi connectivity index (χ1v) is 10.2. The Morgan fingerprint density at radius 3 is 2.34 bits per heavy atom. The van der Waals surface area contributed by atoms with E-state index in [4.69, 9.17) is 15.3 Å². The largest absolute Gasteiger partial charge is 0.462 e.